The summed E-state index contributed by atoms with van der Waals surface area (Å²) < 4.78 is 6.90. The number of methoxy groups -OCH3 is 1. The summed E-state index contributed by atoms with van der Waals surface area (Å²) in [7, 11) is 1.64. The fourth-order valence-electron chi connectivity index (χ4n) is 1.88. The predicted molar refractivity (Wildman–Crippen MR) is 69.4 cm³/mol. The molecule has 5 heteroatoms. The lowest BCUT2D eigenvalue weighted by atomic mass is 10.1. The first-order valence-corrected chi connectivity index (χ1v) is 5.52. The molecule has 0 amide bonds. The molecule has 18 heavy (non-hydrogen) atoms. The van der Waals surface area contributed by atoms with E-state index >= 15 is 0 Å². The maximum absolute atomic E-state index is 5.98. The van der Waals surface area contributed by atoms with Crippen LogP contribution in [0.25, 0.3) is 16.8 Å². The maximum atomic E-state index is 5.98. The first-order valence-electron chi connectivity index (χ1n) is 5.52. The highest BCUT2D eigenvalue weighted by molar-refractivity contribution is 5.75. The quantitative estimate of drug-likeness (QED) is 0.744. The van der Waals surface area contributed by atoms with Gasteiger partial charge in [-0.3, -0.25) is 0 Å². The molecule has 0 aliphatic rings. The van der Waals surface area contributed by atoms with Crippen molar-refractivity contribution in [2.24, 2.45) is 0 Å². The molecule has 0 saturated heterocycles. The normalized spacial score (nSPS) is 10.7. The molecule has 5 nitrogen and oxygen atoms in total. The number of ether oxygens (including phenoxy) is 1. The van der Waals surface area contributed by atoms with Gasteiger partial charge in [0, 0.05) is 17.8 Å². The van der Waals surface area contributed by atoms with Gasteiger partial charge in [-0.05, 0) is 17.7 Å². The molecular weight excluding hydrogens is 228 g/mol. The molecule has 0 atom stereocenters. The molecule has 2 heterocycles. The van der Waals surface area contributed by atoms with Crippen LogP contribution in [0.15, 0.2) is 42.7 Å². The minimum absolute atomic E-state index is 0.483. The van der Waals surface area contributed by atoms with Crippen LogP contribution >= 0.6 is 0 Å². The van der Waals surface area contributed by atoms with Crippen LogP contribution in [0.5, 0.6) is 5.75 Å². The van der Waals surface area contributed by atoms with Gasteiger partial charge in [0.25, 0.3) is 0 Å². The lowest BCUT2D eigenvalue weighted by Crippen LogP contribution is -1.99. The summed E-state index contributed by atoms with van der Waals surface area (Å²) in [4.78, 5) is 4.30. The number of rotatable bonds is 2. The maximum Gasteiger partial charge on any atom is 0.157 e. The fourth-order valence-corrected chi connectivity index (χ4v) is 1.88. The lowest BCUT2D eigenvalue weighted by Gasteiger charge is -2.07. The smallest absolute Gasteiger partial charge is 0.157 e. The van der Waals surface area contributed by atoms with Crippen LogP contribution in [-0.4, -0.2) is 21.7 Å². The van der Waals surface area contributed by atoms with Gasteiger partial charge in [0.2, 0.25) is 0 Å². The Kier molecular flexibility index (Phi) is 2.37. The fraction of sp³-hybridized carbons (Fsp3) is 0.0769. The van der Waals surface area contributed by atoms with Crippen LogP contribution in [0, 0.1) is 0 Å². The molecule has 0 spiro atoms. The zero-order valence-corrected chi connectivity index (χ0v) is 9.87. The molecule has 3 aromatic rings. The standard InChI is InChI=1S/C13H12N4O/c1-18-10-4-2-3-9(7-10)11-8-17-12(5-6-15-17)16-13(11)14/h2-8H,1H3,(H2,14,16). The number of nitrogens with two attached hydrogens (primary N) is 1. The van der Waals surface area contributed by atoms with Crippen molar-refractivity contribution in [2.45, 2.75) is 0 Å². The van der Waals surface area contributed by atoms with Crippen LogP contribution in [0.4, 0.5) is 5.82 Å². The van der Waals surface area contributed by atoms with Crippen molar-refractivity contribution < 1.29 is 4.74 Å². The summed E-state index contributed by atoms with van der Waals surface area (Å²) in [6.45, 7) is 0. The van der Waals surface area contributed by atoms with E-state index in [2.05, 4.69) is 10.1 Å². The van der Waals surface area contributed by atoms with E-state index in [-0.39, 0.29) is 0 Å². The van der Waals surface area contributed by atoms with Crippen LogP contribution in [0.2, 0.25) is 0 Å². The van der Waals surface area contributed by atoms with Gasteiger partial charge in [0.1, 0.15) is 11.6 Å². The Bertz CT molecular complexity index is 705. The second-order valence-electron chi connectivity index (χ2n) is 3.91. The average molecular weight is 240 g/mol. The molecule has 1 aromatic carbocycles. The van der Waals surface area contributed by atoms with Gasteiger partial charge >= 0.3 is 0 Å². The van der Waals surface area contributed by atoms with E-state index in [4.69, 9.17) is 10.5 Å². The Morgan fingerprint density at radius 3 is 3.00 bits per heavy atom. The number of anilines is 1. The predicted octanol–water partition coefficient (Wildman–Crippen LogP) is 1.99. The van der Waals surface area contributed by atoms with E-state index in [0.29, 0.717) is 5.82 Å². The zero-order chi connectivity index (χ0) is 12.5. The number of nitrogen functional groups attached to an aromatic ring is 1. The Labute approximate surface area is 104 Å². The van der Waals surface area contributed by atoms with Crippen molar-refractivity contribution in [1.82, 2.24) is 14.6 Å². The van der Waals surface area contributed by atoms with Crippen molar-refractivity contribution in [3.05, 3.63) is 42.7 Å². The SMILES string of the molecule is COc1cccc(-c2cn3nccc3nc2N)c1. The first-order chi connectivity index (χ1) is 8.78. The third kappa shape index (κ3) is 1.66. The molecule has 0 bridgehead atoms. The first kappa shape index (κ1) is 10.6. The number of fused-ring (bicyclic) bond motifs is 1. The third-order valence-electron chi connectivity index (χ3n) is 2.79. The van der Waals surface area contributed by atoms with Crippen molar-refractivity contribution in [3.63, 3.8) is 0 Å². The number of aromatic nitrogens is 3. The lowest BCUT2D eigenvalue weighted by molar-refractivity contribution is 0.415. The Morgan fingerprint density at radius 1 is 1.28 bits per heavy atom. The minimum Gasteiger partial charge on any atom is -0.497 e. The van der Waals surface area contributed by atoms with Crippen molar-refractivity contribution in [3.8, 4) is 16.9 Å². The van der Waals surface area contributed by atoms with Crippen LogP contribution in [0.3, 0.4) is 0 Å². The third-order valence-corrected chi connectivity index (χ3v) is 2.79. The molecular formula is C13H12N4O. The summed E-state index contributed by atoms with van der Waals surface area (Å²) in [5, 5.41) is 4.16. The molecule has 0 saturated carbocycles. The van der Waals surface area contributed by atoms with Gasteiger partial charge in [0.05, 0.1) is 13.3 Å². The van der Waals surface area contributed by atoms with E-state index in [1.807, 2.05) is 36.5 Å². The van der Waals surface area contributed by atoms with Gasteiger partial charge in [-0.1, -0.05) is 12.1 Å². The van der Waals surface area contributed by atoms with Crippen LogP contribution < -0.4 is 10.5 Å². The molecule has 0 aliphatic carbocycles. The van der Waals surface area contributed by atoms with Crippen LogP contribution in [0.1, 0.15) is 0 Å². The highest BCUT2D eigenvalue weighted by Gasteiger charge is 2.07. The Balaban J connectivity index is 2.20. The summed E-state index contributed by atoms with van der Waals surface area (Å²) in [5.74, 6) is 1.27. The zero-order valence-electron chi connectivity index (χ0n) is 9.87. The Morgan fingerprint density at radius 2 is 2.17 bits per heavy atom. The summed E-state index contributed by atoms with van der Waals surface area (Å²) in [5.41, 5.74) is 8.51. The second kappa shape index (κ2) is 4.03. The Hall–Kier alpha value is -2.56. The van der Waals surface area contributed by atoms with Gasteiger partial charge in [-0.15, -0.1) is 0 Å². The van der Waals surface area contributed by atoms with Gasteiger partial charge in [0.15, 0.2) is 5.65 Å². The second-order valence-corrected chi connectivity index (χ2v) is 3.91. The average Bonchev–Trinajstić information content (AvgIpc) is 2.85. The van der Waals surface area contributed by atoms with Gasteiger partial charge in [-0.25, -0.2) is 9.50 Å². The molecule has 0 aliphatic heterocycles. The molecule has 0 fully saturated rings. The number of nitrogens with zero attached hydrogens (tertiary/aromatic N) is 3. The molecule has 2 N–H and O–H groups in total. The number of hydrogen-bond acceptors (Lipinski definition) is 4. The largest absolute Gasteiger partial charge is 0.497 e. The van der Waals surface area contributed by atoms with E-state index in [9.17, 15) is 0 Å². The monoisotopic (exact) mass is 240 g/mol. The van der Waals surface area contributed by atoms with E-state index in [0.717, 1.165) is 22.5 Å². The molecule has 90 valence electrons. The number of benzene rings is 1. The highest BCUT2D eigenvalue weighted by Crippen LogP contribution is 2.27. The molecule has 3 rings (SSSR count). The molecule has 0 unspecified atom stereocenters. The summed E-state index contributed by atoms with van der Waals surface area (Å²) in [6.07, 6.45) is 3.56. The highest BCUT2D eigenvalue weighted by atomic mass is 16.5. The topological polar surface area (TPSA) is 65.4 Å². The van der Waals surface area contributed by atoms with Crippen molar-refractivity contribution in [1.29, 1.82) is 0 Å². The van der Waals surface area contributed by atoms with E-state index in [1.165, 1.54) is 0 Å². The minimum atomic E-state index is 0.483. The summed E-state index contributed by atoms with van der Waals surface area (Å²) in [6, 6.07) is 9.50. The summed E-state index contributed by atoms with van der Waals surface area (Å²) >= 11 is 0. The van der Waals surface area contributed by atoms with Gasteiger partial charge in [-0.2, -0.15) is 5.10 Å². The van der Waals surface area contributed by atoms with Crippen molar-refractivity contribution >= 4 is 11.5 Å². The molecule has 2 aromatic heterocycles. The van der Waals surface area contributed by atoms with Crippen LogP contribution in [-0.2, 0) is 0 Å². The van der Waals surface area contributed by atoms with Gasteiger partial charge < -0.3 is 10.5 Å². The number of hydrogen-bond donors (Lipinski definition) is 1. The molecule has 0 radical (unpaired) electrons. The van der Waals surface area contributed by atoms with Crippen molar-refractivity contribution in [2.75, 3.05) is 12.8 Å². The van der Waals surface area contributed by atoms with E-state index in [1.54, 1.807) is 17.8 Å². The van der Waals surface area contributed by atoms with E-state index < -0.39 is 0 Å².